The molecule has 0 spiro atoms. The normalized spacial score (nSPS) is 9.88. The summed E-state index contributed by atoms with van der Waals surface area (Å²) in [4.78, 5) is 12.0. The van der Waals surface area contributed by atoms with Gasteiger partial charge in [0.15, 0.2) is 0 Å². The van der Waals surface area contributed by atoms with Crippen LogP contribution in [0.15, 0.2) is 47.3 Å². The van der Waals surface area contributed by atoms with Gasteiger partial charge in [-0.1, -0.05) is 12.2 Å². The molecule has 3 N–H and O–H groups in total. The highest BCUT2D eigenvalue weighted by Gasteiger charge is 2.06. The van der Waals surface area contributed by atoms with E-state index in [1.165, 1.54) is 12.5 Å². The van der Waals surface area contributed by atoms with Crippen LogP contribution < -0.4 is 11.1 Å². The molecule has 0 unspecified atom stereocenters. The monoisotopic (exact) mass is 246 g/mol. The van der Waals surface area contributed by atoms with Crippen molar-refractivity contribution < 1.29 is 9.21 Å². The smallest absolute Gasteiger partial charge is 0.258 e. The Labute approximate surface area is 103 Å². The first-order chi connectivity index (χ1) is 8.16. The second kappa shape index (κ2) is 4.80. The van der Waals surface area contributed by atoms with E-state index in [4.69, 9.17) is 22.4 Å². The molecule has 0 bridgehead atoms. The number of thiocarbonyl (C=S) groups is 1. The van der Waals surface area contributed by atoms with Gasteiger partial charge >= 0.3 is 0 Å². The SMILES string of the molecule is NC(=S)c1ccc(NC(=O)c2ccoc2)cc1. The van der Waals surface area contributed by atoms with Crippen molar-refractivity contribution in [2.75, 3.05) is 5.32 Å². The van der Waals surface area contributed by atoms with Gasteiger partial charge in [-0.3, -0.25) is 4.79 Å². The molecule has 17 heavy (non-hydrogen) atoms. The Kier molecular flexibility index (Phi) is 3.20. The fraction of sp³-hybridized carbons (Fsp3) is 0. The minimum absolute atomic E-state index is 0.221. The molecule has 86 valence electrons. The number of benzene rings is 1. The number of rotatable bonds is 3. The number of nitrogens with one attached hydrogen (secondary N) is 1. The molecule has 2 aromatic rings. The summed E-state index contributed by atoms with van der Waals surface area (Å²) in [6.07, 6.45) is 2.84. The van der Waals surface area contributed by atoms with Gasteiger partial charge in [-0.05, 0) is 30.3 Å². The first-order valence-electron chi connectivity index (χ1n) is 4.90. The minimum Gasteiger partial charge on any atom is -0.472 e. The number of hydrogen-bond acceptors (Lipinski definition) is 3. The van der Waals surface area contributed by atoms with E-state index in [-0.39, 0.29) is 5.91 Å². The van der Waals surface area contributed by atoms with Crippen molar-refractivity contribution in [3.05, 3.63) is 54.0 Å². The molecule has 5 heteroatoms. The topological polar surface area (TPSA) is 68.3 Å². The molecule has 0 aliphatic heterocycles. The maximum Gasteiger partial charge on any atom is 0.258 e. The molecule has 1 heterocycles. The van der Waals surface area contributed by atoms with E-state index in [1.807, 2.05) is 0 Å². The van der Waals surface area contributed by atoms with Crippen molar-refractivity contribution in [3.8, 4) is 0 Å². The molecule has 0 aliphatic rings. The fourth-order valence-electron chi connectivity index (χ4n) is 1.31. The van der Waals surface area contributed by atoms with Gasteiger partial charge in [-0.2, -0.15) is 0 Å². The lowest BCUT2D eigenvalue weighted by Crippen LogP contribution is -2.12. The van der Waals surface area contributed by atoms with Crippen LogP contribution in [0.25, 0.3) is 0 Å². The number of nitrogens with two attached hydrogens (primary N) is 1. The summed E-state index contributed by atoms with van der Waals surface area (Å²) in [5, 5.41) is 2.73. The van der Waals surface area contributed by atoms with Crippen LogP contribution in [0.2, 0.25) is 0 Å². The van der Waals surface area contributed by atoms with Crippen LogP contribution in [0.5, 0.6) is 0 Å². The summed E-state index contributed by atoms with van der Waals surface area (Å²) in [7, 11) is 0. The van der Waals surface area contributed by atoms with Crippen LogP contribution >= 0.6 is 12.2 Å². The molecule has 0 saturated carbocycles. The first-order valence-corrected chi connectivity index (χ1v) is 5.31. The van der Waals surface area contributed by atoms with E-state index < -0.39 is 0 Å². The molecule has 0 atom stereocenters. The quantitative estimate of drug-likeness (QED) is 0.814. The minimum atomic E-state index is -0.221. The van der Waals surface area contributed by atoms with Crippen LogP contribution in [0.3, 0.4) is 0 Å². The summed E-state index contributed by atoms with van der Waals surface area (Å²) in [6.45, 7) is 0. The predicted octanol–water partition coefficient (Wildman–Crippen LogP) is 2.17. The van der Waals surface area contributed by atoms with Gasteiger partial charge in [0, 0.05) is 11.3 Å². The zero-order valence-electron chi connectivity index (χ0n) is 8.84. The van der Waals surface area contributed by atoms with Crippen molar-refractivity contribution in [1.29, 1.82) is 0 Å². The second-order valence-electron chi connectivity index (χ2n) is 3.41. The highest BCUT2D eigenvalue weighted by atomic mass is 32.1. The number of furan rings is 1. The van der Waals surface area contributed by atoms with Gasteiger partial charge in [-0.15, -0.1) is 0 Å². The average Bonchev–Trinajstić information content (AvgIpc) is 2.83. The van der Waals surface area contributed by atoms with E-state index in [9.17, 15) is 4.79 Å². The third-order valence-electron chi connectivity index (χ3n) is 2.21. The van der Waals surface area contributed by atoms with Crippen LogP contribution in [-0.4, -0.2) is 10.9 Å². The highest BCUT2D eigenvalue weighted by Crippen LogP contribution is 2.11. The Bertz CT molecular complexity index is 532. The van der Waals surface area contributed by atoms with E-state index in [2.05, 4.69) is 5.32 Å². The van der Waals surface area contributed by atoms with Gasteiger partial charge in [0.1, 0.15) is 11.3 Å². The molecule has 2 rings (SSSR count). The van der Waals surface area contributed by atoms with Gasteiger partial charge in [-0.25, -0.2) is 0 Å². The third-order valence-corrected chi connectivity index (χ3v) is 2.45. The van der Waals surface area contributed by atoms with Crippen molar-refractivity contribution >= 4 is 28.8 Å². The average molecular weight is 246 g/mol. The Morgan fingerprint density at radius 3 is 2.41 bits per heavy atom. The van der Waals surface area contributed by atoms with E-state index >= 15 is 0 Å². The second-order valence-corrected chi connectivity index (χ2v) is 3.85. The molecule has 0 saturated heterocycles. The summed E-state index contributed by atoms with van der Waals surface area (Å²) in [5.74, 6) is -0.221. The van der Waals surface area contributed by atoms with E-state index in [0.717, 1.165) is 5.56 Å². The van der Waals surface area contributed by atoms with Gasteiger partial charge in [0.2, 0.25) is 0 Å². The predicted molar refractivity (Wildman–Crippen MR) is 69.0 cm³/mol. The molecule has 1 aromatic heterocycles. The van der Waals surface area contributed by atoms with Gasteiger partial charge in [0.05, 0.1) is 11.8 Å². The Balaban J connectivity index is 2.09. The fourth-order valence-corrected chi connectivity index (χ4v) is 1.45. The van der Waals surface area contributed by atoms with E-state index in [0.29, 0.717) is 16.2 Å². The number of carbonyl (C=O) groups is 1. The lowest BCUT2D eigenvalue weighted by Gasteiger charge is -2.04. The molecule has 1 aromatic carbocycles. The third kappa shape index (κ3) is 2.70. The maximum absolute atomic E-state index is 11.7. The summed E-state index contributed by atoms with van der Waals surface area (Å²) >= 11 is 4.84. The first kappa shape index (κ1) is 11.3. The maximum atomic E-state index is 11.7. The molecule has 0 radical (unpaired) electrons. The Morgan fingerprint density at radius 2 is 1.88 bits per heavy atom. The summed E-state index contributed by atoms with van der Waals surface area (Å²) in [5.41, 5.74) is 7.39. The highest BCUT2D eigenvalue weighted by molar-refractivity contribution is 7.80. The number of hydrogen-bond donors (Lipinski definition) is 2. The summed E-state index contributed by atoms with van der Waals surface area (Å²) in [6, 6.07) is 8.60. The van der Waals surface area contributed by atoms with Gasteiger partial charge in [0.25, 0.3) is 5.91 Å². The Hall–Kier alpha value is -2.14. The lowest BCUT2D eigenvalue weighted by molar-refractivity contribution is 0.102. The molecule has 0 aliphatic carbocycles. The van der Waals surface area contributed by atoms with Crippen LogP contribution in [-0.2, 0) is 0 Å². The molecule has 4 nitrogen and oxygen atoms in total. The van der Waals surface area contributed by atoms with Crippen molar-refractivity contribution in [1.82, 2.24) is 0 Å². The molecule has 1 amide bonds. The van der Waals surface area contributed by atoms with Crippen LogP contribution in [0, 0.1) is 0 Å². The molecular formula is C12H10N2O2S. The zero-order valence-corrected chi connectivity index (χ0v) is 9.66. The van der Waals surface area contributed by atoms with Crippen molar-refractivity contribution in [2.24, 2.45) is 5.73 Å². The zero-order chi connectivity index (χ0) is 12.3. The number of anilines is 1. The van der Waals surface area contributed by atoms with Gasteiger partial charge < -0.3 is 15.5 Å². The Morgan fingerprint density at radius 1 is 1.18 bits per heavy atom. The van der Waals surface area contributed by atoms with Crippen LogP contribution in [0.1, 0.15) is 15.9 Å². The standard InChI is InChI=1S/C12H10N2O2S/c13-11(17)8-1-3-10(4-2-8)14-12(15)9-5-6-16-7-9/h1-7H,(H2,13,17)(H,14,15). The molecular weight excluding hydrogens is 236 g/mol. The largest absolute Gasteiger partial charge is 0.472 e. The van der Waals surface area contributed by atoms with Crippen molar-refractivity contribution in [3.63, 3.8) is 0 Å². The number of amides is 1. The number of carbonyl (C=O) groups excluding carboxylic acids is 1. The van der Waals surface area contributed by atoms with Crippen molar-refractivity contribution in [2.45, 2.75) is 0 Å². The van der Waals surface area contributed by atoms with Crippen LogP contribution in [0.4, 0.5) is 5.69 Å². The lowest BCUT2D eigenvalue weighted by atomic mass is 10.2. The molecule has 0 fully saturated rings. The summed E-state index contributed by atoms with van der Waals surface area (Å²) < 4.78 is 4.83. The van der Waals surface area contributed by atoms with E-state index in [1.54, 1.807) is 30.3 Å².